The molecule has 112 valence electrons. The zero-order valence-corrected chi connectivity index (χ0v) is 11.3. The molecule has 0 saturated carbocycles. The van der Waals surface area contributed by atoms with Gasteiger partial charge >= 0.3 is 6.18 Å². The zero-order chi connectivity index (χ0) is 15.0. The average molecular weight is 296 g/mol. The quantitative estimate of drug-likeness (QED) is 0.874. The topological polar surface area (TPSA) is 36.1 Å². The lowest BCUT2D eigenvalue weighted by molar-refractivity contribution is -0.136. The van der Waals surface area contributed by atoms with E-state index in [2.05, 4.69) is 9.88 Å². The van der Waals surface area contributed by atoms with Gasteiger partial charge in [-0.05, 0) is 37.5 Å². The van der Waals surface area contributed by atoms with E-state index in [1.165, 1.54) is 6.07 Å². The lowest BCUT2D eigenvalue weighted by atomic mass is 10.1. The van der Waals surface area contributed by atoms with Gasteiger partial charge in [-0.1, -0.05) is 0 Å². The Hall–Kier alpha value is -1.98. The molecule has 0 atom stereocenters. The van der Waals surface area contributed by atoms with Crippen molar-refractivity contribution in [2.45, 2.75) is 25.4 Å². The first-order chi connectivity index (χ1) is 9.95. The first-order valence-electron chi connectivity index (χ1n) is 6.94. The summed E-state index contributed by atoms with van der Waals surface area (Å²) < 4.78 is 39.3. The predicted molar refractivity (Wildman–Crippen MR) is 75.6 cm³/mol. The van der Waals surface area contributed by atoms with Crippen LogP contribution in [0.2, 0.25) is 0 Å². The standard InChI is InChI=1S/C15H15F3N2O/c16-15(17,18)12-9-14(21)19-13-5-4-10(8-11(12)13)20-6-2-1-3-7-20/h4-5,8-9H,1-3,6-7H2,(H,19,21). The predicted octanol–water partition coefficient (Wildman–Crippen LogP) is 3.54. The summed E-state index contributed by atoms with van der Waals surface area (Å²) in [7, 11) is 0. The molecule has 21 heavy (non-hydrogen) atoms. The lowest BCUT2D eigenvalue weighted by Crippen LogP contribution is -2.29. The number of fused-ring (bicyclic) bond motifs is 1. The minimum absolute atomic E-state index is 0.0465. The smallest absolute Gasteiger partial charge is 0.372 e. The van der Waals surface area contributed by atoms with Crippen LogP contribution in [0.3, 0.4) is 0 Å². The number of halogens is 3. The molecule has 0 bridgehead atoms. The van der Waals surface area contributed by atoms with Crippen molar-refractivity contribution in [3.8, 4) is 0 Å². The van der Waals surface area contributed by atoms with E-state index in [4.69, 9.17) is 0 Å². The second kappa shape index (κ2) is 5.09. The maximum absolute atomic E-state index is 13.1. The summed E-state index contributed by atoms with van der Waals surface area (Å²) >= 11 is 0. The number of aromatic amines is 1. The molecular weight excluding hydrogens is 281 g/mol. The lowest BCUT2D eigenvalue weighted by Gasteiger charge is -2.29. The number of hydrogen-bond acceptors (Lipinski definition) is 2. The highest BCUT2D eigenvalue weighted by Crippen LogP contribution is 2.35. The van der Waals surface area contributed by atoms with Gasteiger partial charge < -0.3 is 9.88 Å². The Morgan fingerprint density at radius 3 is 2.43 bits per heavy atom. The van der Waals surface area contributed by atoms with Gasteiger partial charge in [0.1, 0.15) is 0 Å². The third-order valence-electron chi connectivity index (χ3n) is 3.85. The third-order valence-corrected chi connectivity index (χ3v) is 3.85. The fraction of sp³-hybridized carbons (Fsp3) is 0.400. The van der Waals surface area contributed by atoms with Gasteiger partial charge in [0, 0.05) is 35.7 Å². The number of piperidine rings is 1. The first-order valence-corrected chi connectivity index (χ1v) is 6.94. The molecule has 1 N–H and O–H groups in total. The van der Waals surface area contributed by atoms with Crippen molar-refractivity contribution < 1.29 is 13.2 Å². The van der Waals surface area contributed by atoms with Crippen LogP contribution in [0.25, 0.3) is 10.9 Å². The van der Waals surface area contributed by atoms with Crippen LogP contribution < -0.4 is 10.5 Å². The van der Waals surface area contributed by atoms with Crippen LogP contribution in [0.5, 0.6) is 0 Å². The molecule has 1 aliphatic heterocycles. The van der Waals surface area contributed by atoms with E-state index < -0.39 is 17.3 Å². The summed E-state index contributed by atoms with van der Waals surface area (Å²) in [5.74, 6) is 0. The van der Waals surface area contributed by atoms with Crippen molar-refractivity contribution >= 4 is 16.6 Å². The molecule has 0 amide bonds. The fourth-order valence-corrected chi connectivity index (χ4v) is 2.83. The summed E-state index contributed by atoms with van der Waals surface area (Å²) in [6.07, 6.45) is -1.27. The van der Waals surface area contributed by atoms with Gasteiger partial charge in [0.15, 0.2) is 0 Å². The van der Waals surface area contributed by atoms with E-state index in [-0.39, 0.29) is 10.9 Å². The molecule has 1 aromatic heterocycles. The number of H-pyrrole nitrogens is 1. The number of anilines is 1. The molecule has 6 heteroatoms. The summed E-state index contributed by atoms with van der Waals surface area (Å²) in [5, 5.41) is 0.0465. The van der Waals surface area contributed by atoms with Crippen LogP contribution in [-0.2, 0) is 6.18 Å². The molecule has 0 unspecified atom stereocenters. The van der Waals surface area contributed by atoms with Crippen LogP contribution >= 0.6 is 0 Å². The van der Waals surface area contributed by atoms with Gasteiger partial charge in [0.2, 0.25) is 5.56 Å². The van der Waals surface area contributed by atoms with Gasteiger partial charge in [0.25, 0.3) is 0 Å². The van der Waals surface area contributed by atoms with Crippen LogP contribution in [0.1, 0.15) is 24.8 Å². The average Bonchev–Trinajstić information content (AvgIpc) is 2.46. The molecule has 0 radical (unpaired) electrons. The van der Waals surface area contributed by atoms with Crippen molar-refractivity contribution in [1.82, 2.24) is 4.98 Å². The normalized spacial score (nSPS) is 16.4. The second-order valence-corrected chi connectivity index (χ2v) is 5.32. The number of nitrogens with zero attached hydrogens (tertiary/aromatic N) is 1. The molecule has 1 fully saturated rings. The van der Waals surface area contributed by atoms with Gasteiger partial charge in [-0.15, -0.1) is 0 Å². The van der Waals surface area contributed by atoms with E-state index in [0.29, 0.717) is 6.07 Å². The third kappa shape index (κ3) is 2.75. The van der Waals surface area contributed by atoms with E-state index in [9.17, 15) is 18.0 Å². The molecule has 1 saturated heterocycles. The molecule has 1 aliphatic rings. The molecule has 3 rings (SSSR count). The Morgan fingerprint density at radius 2 is 1.76 bits per heavy atom. The molecule has 1 aromatic carbocycles. The van der Waals surface area contributed by atoms with E-state index in [0.717, 1.165) is 38.0 Å². The Kier molecular flexibility index (Phi) is 3.39. The Bertz CT molecular complexity index is 715. The maximum Gasteiger partial charge on any atom is 0.417 e. The minimum Gasteiger partial charge on any atom is -0.372 e. The van der Waals surface area contributed by atoms with Crippen LogP contribution in [0.15, 0.2) is 29.1 Å². The highest BCUT2D eigenvalue weighted by atomic mass is 19.4. The van der Waals surface area contributed by atoms with Crippen molar-refractivity contribution in [2.24, 2.45) is 0 Å². The van der Waals surface area contributed by atoms with Gasteiger partial charge in [-0.25, -0.2) is 0 Å². The number of alkyl halides is 3. The van der Waals surface area contributed by atoms with Crippen molar-refractivity contribution in [1.29, 1.82) is 0 Å². The van der Waals surface area contributed by atoms with E-state index >= 15 is 0 Å². The minimum atomic E-state index is -4.53. The zero-order valence-electron chi connectivity index (χ0n) is 11.3. The monoisotopic (exact) mass is 296 g/mol. The van der Waals surface area contributed by atoms with Crippen LogP contribution in [0.4, 0.5) is 18.9 Å². The highest BCUT2D eigenvalue weighted by molar-refractivity contribution is 5.86. The molecule has 2 heterocycles. The maximum atomic E-state index is 13.1. The number of rotatable bonds is 1. The largest absolute Gasteiger partial charge is 0.417 e. The second-order valence-electron chi connectivity index (χ2n) is 5.32. The number of benzene rings is 1. The van der Waals surface area contributed by atoms with Crippen molar-refractivity contribution in [3.63, 3.8) is 0 Å². The molecular formula is C15H15F3N2O. The van der Waals surface area contributed by atoms with Crippen molar-refractivity contribution in [2.75, 3.05) is 18.0 Å². The van der Waals surface area contributed by atoms with E-state index in [1.807, 2.05) is 0 Å². The number of aromatic nitrogens is 1. The Morgan fingerprint density at radius 1 is 1.05 bits per heavy atom. The highest BCUT2D eigenvalue weighted by Gasteiger charge is 2.33. The molecule has 2 aromatic rings. The number of hydrogen-bond donors (Lipinski definition) is 1. The summed E-state index contributed by atoms with van der Waals surface area (Å²) in [6, 6.07) is 5.47. The number of pyridine rings is 1. The van der Waals surface area contributed by atoms with Gasteiger partial charge in [-0.2, -0.15) is 13.2 Å². The first kappa shape index (κ1) is 14.0. The SMILES string of the molecule is O=c1cc(C(F)(F)F)c2cc(N3CCCCC3)ccc2[nH]1. The van der Waals surface area contributed by atoms with Crippen LogP contribution in [-0.4, -0.2) is 18.1 Å². The fourth-order valence-electron chi connectivity index (χ4n) is 2.83. The van der Waals surface area contributed by atoms with Crippen LogP contribution in [0, 0.1) is 0 Å². The molecule has 3 nitrogen and oxygen atoms in total. The van der Waals surface area contributed by atoms with E-state index in [1.54, 1.807) is 12.1 Å². The van der Waals surface area contributed by atoms with Crippen molar-refractivity contribution in [3.05, 3.63) is 40.2 Å². The molecule has 0 aliphatic carbocycles. The summed E-state index contributed by atoms with van der Waals surface area (Å²) in [4.78, 5) is 15.9. The Labute approximate surface area is 119 Å². The summed E-state index contributed by atoms with van der Waals surface area (Å²) in [6.45, 7) is 1.71. The summed E-state index contributed by atoms with van der Waals surface area (Å²) in [5.41, 5.74) is -0.615. The molecule has 0 spiro atoms. The van der Waals surface area contributed by atoms with Gasteiger partial charge in [-0.3, -0.25) is 4.79 Å². The number of nitrogens with one attached hydrogen (secondary N) is 1. The Balaban J connectivity index is 2.15. The van der Waals surface area contributed by atoms with Gasteiger partial charge in [0.05, 0.1) is 5.56 Å².